The molecule has 7 rings (SSSR count). The topological polar surface area (TPSA) is 118 Å². The van der Waals surface area contributed by atoms with E-state index in [1.807, 2.05) is 28.9 Å². The first-order valence-electron chi connectivity index (χ1n) is 13.4. The minimum Gasteiger partial charge on any atom is -0.495 e. The molecule has 3 aliphatic rings. The number of methoxy groups -OCH3 is 1. The Balaban J connectivity index is 1.16. The summed E-state index contributed by atoms with van der Waals surface area (Å²) in [6, 6.07) is 8.42. The van der Waals surface area contributed by atoms with E-state index in [1.54, 1.807) is 25.6 Å². The number of piperazine rings is 1. The molecule has 40 heavy (non-hydrogen) atoms. The Hall–Kier alpha value is -4.42. The first-order chi connectivity index (χ1) is 19.7. The summed E-state index contributed by atoms with van der Waals surface area (Å²) in [6.07, 6.45) is 7.12. The van der Waals surface area contributed by atoms with Gasteiger partial charge in [-0.3, -0.25) is 9.69 Å². The Morgan fingerprint density at radius 1 is 1.12 bits per heavy atom. The Labute approximate surface area is 230 Å². The molecule has 2 N–H and O–H groups in total. The number of pyridine rings is 1. The van der Waals surface area contributed by atoms with Gasteiger partial charge in [-0.15, -0.1) is 0 Å². The number of rotatable bonds is 6. The van der Waals surface area contributed by atoms with Gasteiger partial charge in [-0.2, -0.15) is 0 Å². The highest BCUT2D eigenvalue weighted by atomic mass is 16.5. The second-order valence-electron chi connectivity index (χ2n) is 10.0. The molecule has 0 unspecified atom stereocenters. The van der Waals surface area contributed by atoms with Crippen LogP contribution in [-0.2, 0) is 4.74 Å². The minimum absolute atomic E-state index is 0.213. The molecule has 12 nitrogen and oxygen atoms in total. The number of ether oxygens (including phenoxy) is 3. The first kappa shape index (κ1) is 24.6. The van der Waals surface area contributed by atoms with E-state index in [0.29, 0.717) is 53.4 Å². The third-order valence-electron chi connectivity index (χ3n) is 7.63. The van der Waals surface area contributed by atoms with Crippen molar-refractivity contribution in [3.63, 3.8) is 0 Å². The molecule has 1 amide bonds. The van der Waals surface area contributed by atoms with E-state index in [4.69, 9.17) is 19.2 Å². The smallest absolute Gasteiger partial charge is 0.256 e. The van der Waals surface area contributed by atoms with E-state index >= 15 is 0 Å². The van der Waals surface area contributed by atoms with Crippen LogP contribution in [0, 0.1) is 0 Å². The number of imidazole rings is 1. The summed E-state index contributed by atoms with van der Waals surface area (Å²) in [7, 11) is 1.70. The predicted octanol–water partition coefficient (Wildman–Crippen LogP) is 2.19. The Morgan fingerprint density at radius 3 is 2.80 bits per heavy atom. The van der Waals surface area contributed by atoms with Gasteiger partial charge in [-0.1, -0.05) is 0 Å². The molecule has 0 bridgehead atoms. The van der Waals surface area contributed by atoms with Crippen molar-refractivity contribution in [2.75, 3.05) is 69.9 Å². The van der Waals surface area contributed by atoms with Crippen LogP contribution in [0.25, 0.3) is 16.9 Å². The third-order valence-corrected chi connectivity index (χ3v) is 7.63. The number of nitrogens with zero attached hydrogens (tertiary/aromatic N) is 6. The second-order valence-corrected chi connectivity index (χ2v) is 10.0. The molecule has 3 aromatic heterocycles. The Kier molecular flexibility index (Phi) is 6.33. The lowest BCUT2D eigenvalue weighted by molar-refractivity contribution is -0.0660. The summed E-state index contributed by atoms with van der Waals surface area (Å²) in [5.74, 6) is 1.48. The SMILES string of the molecule is COc1cc(Nc2nc(-c3cnc4c(c3)C(=O)NCCO4)cn3ccnc23)ccc1N1CCN(C2COC2)CC1. The zero-order valence-electron chi connectivity index (χ0n) is 22.2. The molecule has 2 fully saturated rings. The molecule has 0 atom stereocenters. The van der Waals surface area contributed by atoms with E-state index in [9.17, 15) is 4.79 Å². The lowest BCUT2D eigenvalue weighted by atomic mass is 10.1. The molecule has 0 radical (unpaired) electrons. The fourth-order valence-electron chi connectivity index (χ4n) is 5.35. The number of nitrogens with one attached hydrogen (secondary N) is 2. The zero-order chi connectivity index (χ0) is 27.1. The van der Waals surface area contributed by atoms with Crippen LogP contribution in [0.2, 0.25) is 0 Å². The van der Waals surface area contributed by atoms with Crippen LogP contribution in [0.1, 0.15) is 10.4 Å². The summed E-state index contributed by atoms with van der Waals surface area (Å²) >= 11 is 0. The summed E-state index contributed by atoms with van der Waals surface area (Å²) < 4.78 is 18.7. The number of benzene rings is 1. The second kappa shape index (κ2) is 10.3. The summed E-state index contributed by atoms with van der Waals surface area (Å²) in [4.78, 5) is 31.2. The Bertz CT molecular complexity index is 1560. The summed E-state index contributed by atoms with van der Waals surface area (Å²) in [6.45, 7) is 6.41. The number of anilines is 3. The molecule has 4 aromatic rings. The minimum atomic E-state index is -0.213. The molecule has 1 aromatic carbocycles. The molecule has 0 aliphatic carbocycles. The fourth-order valence-corrected chi connectivity index (χ4v) is 5.35. The average Bonchev–Trinajstić information content (AvgIpc) is 3.36. The Morgan fingerprint density at radius 2 is 2.00 bits per heavy atom. The van der Waals surface area contributed by atoms with Crippen LogP contribution in [0.4, 0.5) is 17.2 Å². The number of aromatic nitrogens is 4. The van der Waals surface area contributed by atoms with Crippen molar-refractivity contribution in [1.29, 1.82) is 0 Å². The van der Waals surface area contributed by atoms with Crippen molar-refractivity contribution < 1.29 is 19.0 Å². The van der Waals surface area contributed by atoms with Gasteiger partial charge in [0, 0.05) is 68.3 Å². The number of hydrogen-bond donors (Lipinski definition) is 2. The van der Waals surface area contributed by atoms with E-state index in [2.05, 4.69) is 36.5 Å². The van der Waals surface area contributed by atoms with Crippen LogP contribution in [-0.4, -0.2) is 95.9 Å². The van der Waals surface area contributed by atoms with E-state index < -0.39 is 0 Å². The maximum Gasteiger partial charge on any atom is 0.256 e. The standard InChI is InChI=1S/C28H30N8O4/c1-38-24-13-19(2-3-23(24)35-9-7-34(8-10-35)20-16-39-17-20)32-25-26-29-4-6-36(26)15-22(33-25)18-12-21-27(37)30-5-11-40-28(21)31-14-18/h2-4,6,12-15,20H,5,7-11,16-17H2,1H3,(H,30,37)(H,32,33). The predicted molar refractivity (Wildman–Crippen MR) is 149 cm³/mol. The number of carbonyl (C=O) groups excluding carboxylic acids is 1. The van der Waals surface area contributed by atoms with E-state index in [1.165, 1.54) is 0 Å². The van der Waals surface area contributed by atoms with Crippen molar-refractivity contribution in [1.82, 2.24) is 29.6 Å². The van der Waals surface area contributed by atoms with Gasteiger partial charge in [0.1, 0.15) is 17.9 Å². The van der Waals surface area contributed by atoms with Gasteiger partial charge in [-0.25, -0.2) is 15.0 Å². The quantitative estimate of drug-likeness (QED) is 0.375. The fraction of sp³-hybridized carbons (Fsp3) is 0.357. The highest BCUT2D eigenvalue weighted by Gasteiger charge is 2.29. The number of fused-ring (bicyclic) bond motifs is 2. The van der Waals surface area contributed by atoms with Crippen LogP contribution < -0.4 is 25.0 Å². The number of carbonyl (C=O) groups is 1. The van der Waals surface area contributed by atoms with Crippen LogP contribution in [0.3, 0.4) is 0 Å². The number of amides is 1. The van der Waals surface area contributed by atoms with Crippen molar-refractivity contribution in [2.24, 2.45) is 0 Å². The average molecular weight is 543 g/mol. The molecular formula is C28H30N8O4. The molecule has 2 saturated heterocycles. The van der Waals surface area contributed by atoms with Gasteiger partial charge < -0.3 is 34.1 Å². The highest BCUT2D eigenvalue weighted by Crippen LogP contribution is 2.34. The first-order valence-corrected chi connectivity index (χ1v) is 13.4. The van der Waals surface area contributed by atoms with Crippen molar-refractivity contribution in [3.8, 4) is 22.9 Å². The maximum absolute atomic E-state index is 12.5. The lowest BCUT2D eigenvalue weighted by Gasteiger charge is -2.43. The molecule has 0 saturated carbocycles. The molecule has 6 heterocycles. The van der Waals surface area contributed by atoms with E-state index in [0.717, 1.165) is 56.5 Å². The van der Waals surface area contributed by atoms with Gasteiger partial charge >= 0.3 is 0 Å². The third kappa shape index (κ3) is 4.54. The molecule has 206 valence electrons. The molecule has 3 aliphatic heterocycles. The highest BCUT2D eigenvalue weighted by molar-refractivity contribution is 5.97. The molecular weight excluding hydrogens is 512 g/mol. The van der Waals surface area contributed by atoms with Gasteiger partial charge in [0.25, 0.3) is 5.91 Å². The van der Waals surface area contributed by atoms with Gasteiger partial charge in [-0.05, 0) is 18.2 Å². The van der Waals surface area contributed by atoms with Gasteiger partial charge in [0.05, 0.1) is 44.3 Å². The summed E-state index contributed by atoms with van der Waals surface area (Å²) in [5, 5.41) is 6.25. The van der Waals surface area contributed by atoms with Crippen molar-refractivity contribution in [2.45, 2.75) is 6.04 Å². The molecule has 12 heteroatoms. The van der Waals surface area contributed by atoms with Crippen molar-refractivity contribution in [3.05, 3.63) is 54.6 Å². The monoisotopic (exact) mass is 542 g/mol. The largest absolute Gasteiger partial charge is 0.495 e. The molecule has 0 spiro atoms. The van der Waals surface area contributed by atoms with Crippen LogP contribution >= 0.6 is 0 Å². The van der Waals surface area contributed by atoms with Crippen LogP contribution in [0.15, 0.2) is 49.1 Å². The van der Waals surface area contributed by atoms with Crippen molar-refractivity contribution >= 4 is 28.7 Å². The van der Waals surface area contributed by atoms with Crippen LogP contribution in [0.5, 0.6) is 11.6 Å². The van der Waals surface area contributed by atoms with Gasteiger partial charge in [0.15, 0.2) is 11.5 Å². The maximum atomic E-state index is 12.5. The normalized spacial score (nSPS) is 17.9. The van der Waals surface area contributed by atoms with E-state index in [-0.39, 0.29) is 5.91 Å². The zero-order valence-corrected chi connectivity index (χ0v) is 22.2. The lowest BCUT2D eigenvalue weighted by Crippen LogP contribution is -2.56. The number of hydrogen-bond acceptors (Lipinski definition) is 10. The van der Waals surface area contributed by atoms with Gasteiger partial charge in [0.2, 0.25) is 5.88 Å². The summed E-state index contributed by atoms with van der Waals surface area (Å²) in [5.41, 5.74) is 4.29.